The zero-order valence-corrected chi connectivity index (χ0v) is 16.1. The molecule has 7 nitrogen and oxygen atoms in total. The van der Waals surface area contributed by atoms with E-state index in [-0.39, 0.29) is 23.6 Å². The van der Waals surface area contributed by atoms with Crippen LogP contribution < -0.4 is 10.1 Å². The van der Waals surface area contributed by atoms with Crippen molar-refractivity contribution in [2.45, 2.75) is 31.7 Å². The summed E-state index contributed by atoms with van der Waals surface area (Å²) >= 11 is 0. The number of aliphatic imine (C=N–C) groups is 1. The van der Waals surface area contributed by atoms with Crippen molar-refractivity contribution in [3.8, 4) is 5.75 Å². The number of nitrogens with zero attached hydrogens (tertiary/aromatic N) is 4. The van der Waals surface area contributed by atoms with Gasteiger partial charge in [-0.05, 0) is 36.7 Å². The number of carbonyl (C=O) groups is 1. The van der Waals surface area contributed by atoms with E-state index in [9.17, 15) is 18.1 Å². The standard InChI is InChI=1S/C20H22F3N5O2/c21-20(22)30-14-4-2-13(3-5-14)17-7-10-26-28(17)19(29)15-6-9-24-12-16(15)18-25-8-1-11-27(18)23/h1-5,8,10-11,15-18,20,24H,6-7,9,12H2. The van der Waals surface area contributed by atoms with Crippen molar-refractivity contribution in [2.75, 3.05) is 13.1 Å². The van der Waals surface area contributed by atoms with Gasteiger partial charge in [-0.3, -0.25) is 9.79 Å². The van der Waals surface area contributed by atoms with E-state index >= 15 is 0 Å². The van der Waals surface area contributed by atoms with Gasteiger partial charge in [-0.2, -0.15) is 19.0 Å². The number of halogens is 3. The van der Waals surface area contributed by atoms with Crippen LogP contribution in [0.25, 0.3) is 0 Å². The molecule has 0 spiro atoms. The van der Waals surface area contributed by atoms with Gasteiger partial charge >= 0.3 is 6.61 Å². The second kappa shape index (κ2) is 8.86. The van der Waals surface area contributed by atoms with Crippen LogP contribution in [0.1, 0.15) is 24.4 Å². The van der Waals surface area contributed by atoms with E-state index in [1.54, 1.807) is 18.3 Å². The van der Waals surface area contributed by atoms with Gasteiger partial charge in [-0.15, -0.1) is 0 Å². The lowest BCUT2D eigenvalue weighted by atomic mass is 9.82. The van der Waals surface area contributed by atoms with Gasteiger partial charge in [0.25, 0.3) is 0 Å². The maximum Gasteiger partial charge on any atom is 0.387 e. The highest BCUT2D eigenvalue weighted by Gasteiger charge is 2.43. The van der Waals surface area contributed by atoms with Crippen molar-refractivity contribution in [1.82, 2.24) is 15.4 Å². The molecule has 0 aromatic heterocycles. The van der Waals surface area contributed by atoms with Crippen LogP contribution in [0.15, 0.2) is 46.6 Å². The minimum atomic E-state index is -2.90. The molecule has 3 heterocycles. The van der Waals surface area contributed by atoms with Crippen molar-refractivity contribution >= 4 is 18.3 Å². The van der Waals surface area contributed by atoms with Crippen LogP contribution in [0.4, 0.5) is 13.3 Å². The predicted octanol–water partition coefficient (Wildman–Crippen LogP) is 2.88. The van der Waals surface area contributed by atoms with E-state index in [0.717, 1.165) is 5.56 Å². The molecule has 0 bridgehead atoms. The third kappa shape index (κ3) is 4.18. The molecule has 1 aromatic rings. The van der Waals surface area contributed by atoms with Crippen LogP contribution >= 0.6 is 0 Å². The fourth-order valence-corrected chi connectivity index (χ4v) is 4.15. The third-order valence-electron chi connectivity index (χ3n) is 5.58. The fraction of sp³-hybridized carbons (Fsp3) is 0.450. The lowest BCUT2D eigenvalue weighted by Gasteiger charge is -2.38. The monoisotopic (exact) mass is 421 g/mol. The number of allylic oxidation sites excluding steroid dienone is 1. The smallest absolute Gasteiger partial charge is 0.387 e. The van der Waals surface area contributed by atoms with Gasteiger partial charge in [0.1, 0.15) is 5.75 Å². The first-order chi connectivity index (χ1) is 14.5. The van der Waals surface area contributed by atoms with Crippen LogP contribution in [0.3, 0.4) is 0 Å². The Bertz CT molecular complexity index is 845. The van der Waals surface area contributed by atoms with Crippen LogP contribution in [-0.4, -0.2) is 54.3 Å². The number of ether oxygens (including phenoxy) is 1. The maximum atomic E-state index is 14.3. The minimum Gasteiger partial charge on any atom is -0.435 e. The Balaban J connectivity index is 1.51. The Morgan fingerprint density at radius 2 is 2.07 bits per heavy atom. The average molecular weight is 421 g/mol. The molecular weight excluding hydrogens is 399 g/mol. The summed E-state index contributed by atoms with van der Waals surface area (Å²) in [6.07, 6.45) is 6.29. The Labute approximate surface area is 171 Å². The average Bonchev–Trinajstić information content (AvgIpc) is 3.24. The Hall–Kier alpha value is -2.88. The van der Waals surface area contributed by atoms with E-state index in [1.165, 1.54) is 35.6 Å². The first-order valence-electron chi connectivity index (χ1n) is 9.79. The molecule has 30 heavy (non-hydrogen) atoms. The highest BCUT2D eigenvalue weighted by Crippen LogP contribution is 2.35. The maximum absolute atomic E-state index is 14.3. The summed E-state index contributed by atoms with van der Waals surface area (Å²) in [6.45, 7) is -1.78. The van der Waals surface area contributed by atoms with Crippen molar-refractivity contribution in [3.05, 3.63) is 42.1 Å². The SMILES string of the molecule is O=C(C1CCNCC1C1N=CC=CN1F)N1N=CCC1c1ccc(OC(F)F)cc1. The van der Waals surface area contributed by atoms with Crippen molar-refractivity contribution in [2.24, 2.45) is 21.9 Å². The van der Waals surface area contributed by atoms with Gasteiger partial charge in [0.2, 0.25) is 5.91 Å². The zero-order valence-electron chi connectivity index (χ0n) is 16.1. The summed E-state index contributed by atoms with van der Waals surface area (Å²) in [5.41, 5.74) is 0.763. The van der Waals surface area contributed by atoms with Gasteiger partial charge in [0, 0.05) is 43.4 Å². The Morgan fingerprint density at radius 3 is 2.80 bits per heavy atom. The normalized spacial score (nSPS) is 28.4. The van der Waals surface area contributed by atoms with Gasteiger partial charge in [-0.25, -0.2) is 5.01 Å². The summed E-state index contributed by atoms with van der Waals surface area (Å²) in [7, 11) is 0. The summed E-state index contributed by atoms with van der Waals surface area (Å²) in [5, 5.41) is 9.44. The highest BCUT2D eigenvalue weighted by molar-refractivity contribution is 5.82. The molecule has 1 fully saturated rings. The van der Waals surface area contributed by atoms with Gasteiger partial charge in [0.15, 0.2) is 6.17 Å². The Morgan fingerprint density at radius 1 is 1.27 bits per heavy atom. The summed E-state index contributed by atoms with van der Waals surface area (Å²) in [5.74, 6) is -0.936. The second-order valence-corrected chi connectivity index (χ2v) is 7.34. The lowest BCUT2D eigenvalue weighted by molar-refractivity contribution is -0.142. The van der Waals surface area contributed by atoms with Crippen LogP contribution in [-0.2, 0) is 4.79 Å². The molecule has 10 heteroatoms. The molecule has 3 aliphatic heterocycles. The molecule has 1 N–H and O–H groups in total. The number of benzene rings is 1. The van der Waals surface area contributed by atoms with E-state index in [2.05, 4.69) is 20.1 Å². The molecule has 4 atom stereocenters. The zero-order chi connectivity index (χ0) is 21.1. The molecule has 1 amide bonds. The fourth-order valence-electron chi connectivity index (χ4n) is 4.15. The first kappa shape index (κ1) is 20.4. The van der Waals surface area contributed by atoms with Gasteiger partial charge in [-0.1, -0.05) is 16.6 Å². The van der Waals surface area contributed by atoms with E-state index in [1.807, 2.05) is 0 Å². The first-order valence-corrected chi connectivity index (χ1v) is 9.79. The quantitative estimate of drug-likeness (QED) is 0.743. The molecule has 3 aliphatic rings. The molecule has 0 radical (unpaired) electrons. The third-order valence-corrected chi connectivity index (χ3v) is 5.58. The van der Waals surface area contributed by atoms with E-state index in [0.29, 0.717) is 31.1 Å². The lowest BCUT2D eigenvalue weighted by Crippen LogP contribution is -2.51. The topological polar surface area (TPSA) is 69.5 Å². The number of amides is 1. The highest BCUT2D eigenvalue weighted by atomic mass is 19.3. The molecule has 4 unspecified atom stereocenters. The molecule has 1 saturated heterocycles. The number of hydrogen-bond acceptors (Lipinski definition) is 6. The second-order valence-electron chi connectivity index (χ2n) is 7.34. The number of rotatable bonds is 5. The van der Waals surface area contributed by atoms with Gasteiger partial charge in [0.05, 0.1) is 6.04 Å². The minimum absolute atomic E-state index is 0.0511. The Kier molecular flexibility index (Phi) is 6.03. The number of hydrazone groups is 1. The van der Waals surface area contributed by atoms with Gasteiger partial charge < -0.3 is 10.1 Å². The van der Waals surface area contributed by atoms with Crippen molar-refractivity contribution < 1.29 is 22.8 Å². The molecular formula is C20H22F3N5O2. The summed E-state index contributed by atoms with van der Waals surface area (Å²) < 4.78 is 43.4. The summed E-state index contributed by atoms with van der Waals surface area (Å²) in [4.78, 5) is 17.6. The molecule has 1 aromatic carbocycles. The van der Waals surface area contributed by atoms with Crippen molar-refractivity contribution in [1.29, 1.82) is 0 Å². The van der Waals surface area contributed by atoms with Crippen LogP contribution in [0.5, 0.6) is 5.75 Å². The number of hydrogen-bond donors (Lipinski definition) is 1. The van der Waals surface area contributed by atoms with E-state index in [4.69, 9.17) is 0 Å². The molecule has 0 saturated carbocycles. The van der Waals surface area contributed by atoms with Crippen molar-refractivity contribution in [3.63, 3.8) is 0 Å². The van der Waals surface area contributed by atoms with E-state index < -0.39 is 18.7 Å². The predicted molar refractivity (Wildman–Crippen MR) is 105 cm³/mol. The van der Waals surface area contributed by atoms with Crippen LogP contribution in [0.2, 0.25) is 0 Å². The largest absolute Gasteiger partial charge is 0.435 e. The molecule has 160 valence electrons. The number of carbonyl (C=O) groups excluding carboxylic acids is 1. The van der Waals surface area contributed by atoms with Crippen LogP contribution in [0, 0.1) is 11.8 Å². The summed E-state index contributed by atoms with van der Waals surface area (Å²) in [6, 6.07) is 5.85. The molecule has 0 aliphatic carbocycles. The number of nitrogens with one attached hydrogen (secondary N) is 1. The number of piperidine rings is 1. The molecule has 4 rings (SSSR count). The number of alkyl halides is 2.